The number of fused-ring (bicyclic) bond motifs is 1. The van der Waals surface area contributed by atoms with Crippen LogP contribution in [-0.4, -0.2) is 13.2 Å². The molecule has 0 saturated carbocycles. The molecule has 2 heteroatoms. The molecule has 82 valence electrons. The van der Waals surface area contributed by atoms with Crippen LogP contribution in [0, 0.1) is 5.92 Å². The molecule has 0 atom stereocenters. The summed E-state index contributed by atoms with van der Waals surface area (Å²) >= 11 is 0. The summed E-state index contributed by atoms with van der Waals surface area (Å²) in [6, 6.07) is 6.50. The Bertz CT molecular complexity index is 333. The van der Waals surface area contributed by atoms with Crippen LogP contribution in [0.2, 0.25) is 0 Å². The van der Waals surface area contributed by atoms with Crippen LogP contribution < -0.4 is 10.1 Å². The number of ether oxygens (including phenoxy) is 1. The zero-order chi connectivity index (χ0) is 10.7. The molecule has 15 heavy (non-hydrogen) atoms. The number of benzene rings is 1. The fraction of sp³-hybridized carbons (Fsp3) is 0.538. The van der Waals surface area contributed by atoms with E-state index in [-0.39, 0.29) is 0 Å². The predicted molar refractivity (Wildman–Crippen MR) is 62.2 cm³/mol. The Morgan fingerprint density at radius 1 is 1.40 bits per heavy atom. The fourth-order valence-corrected chi connectivity index (χ4v) is 1.86. The van der Waals surface area contributed by atoms with Gasteiger partial charge in [-0.05, 0) is 29.7 Å². The number of nitrogens with one attached hydrogen (secondary N) is 1. The van der Waals surface area contributed by atoms with Crippen LogP contribution in [0.25, 0.3) is 0 Å². The lowest BCUT2D eigenvalue weighted by atomic mass is 10.1. The smallest absolute Gasteiger partial charge is 0.122 e. The van der Waals surface area contributed by atoms with Gasteiger partial charge in [0, 0.05) is 13.0 Å². The Hall–Kier alpha value is -1.02. The van der Waals surface area contributed by atoms with Gasteiger partial charge in [-0.25, -0.2) is 0 Å². The minimum absolute atomic E-state index is 0.711. The topological polar surface area (TPSA) is 21.3 Å². The second-order valence-corrected chi connectivity index (χ2v) is 4.57. The summed E-state index contributed by atoms with van der Waals surface area (Å²) in [5.41, 5.74) is 2.72. The lowest BCUT2D eigenvalue weighted by Crippen LogP contribution is -2.18. The quantitative estimate of drug-likeness (QED) is 0.814. The van der Waals surface area contributed by atoms with Gasteiger partial charge in [0.2, 0.25) is 0 Å². The minimum atomic E-state index is 0.711. The van der Waals surface area contributed by atoms with Crippen molar-refractivity contribution in [3.8, 4) is 5.75 Å². The van der Waals surface area contributed by atoms with Crippen LogP contribution >= 0.6 is 0 Å². The van der Waals surface area contributed by atoms with Crippen molar-refractivity contribution in [3.63, 3.8) is 0 Å². The first-order valence-corrected chi connectivity index (χ1v) is 5.71. The Morgan fingerprint density at radius 3 is 3.07 bits per heavy atom. The first-order valence-electron chi connectivity index (χ1n) is 5.71. The molecule has 0 radical (unpaired) electrons. The van der Waals surface area contributed by atoms with Crippen LogP contribution in [0.3, 0.4) is 0 Å². The Labute approximate surface area is 91.6 Å². The van der Waals surface area contributed by atoms with Crippen LogP contribution in [0.15, 0.2) is 18.2 Å². The standard InChI is InChI=1S/C13H19NO/c1-10(2)8-14-9-11-3-4-13-12(7-11)5-6-15-13/h3-4,7,10,14H,5-6,8-9H2,1-2H3. The zero-order valence-corrected chi connectivity index (χ0v) is 9.55. The molecule has 2 rings (SSSR count). The Morgan fingerprint density at radius 2 is 2.27 bits per heavy atom. The van der Waals surface area contributed by atoms with Crippen molar-refractivity contribution in [3.05, 3.63) is 29.3 Å². The van der Waals surface area contributed by atoms with Gasteiger partial charge in [-0.2, -0.15) is 0 Å². The highest BCUT2D eigenvalue weighted by atomic mass is 16.5. The third-order valence-corrected chi connectivity index (χ3v) is 2.64. The molecule has 1 N–H and O–H groups in total. The van der Waals surface area contributed by atoms with E-state index >= 15 is 0 Å². The highest BCUT2D eigenvalue weighted by Gasteiger charge is 2.11. The van der Waals surface area contributed by atoms with E-state index in [1.807, 2.05) is 0 Å². The van der Waals surface area contributed by atoms with E-state index in [0.717, 1.165) is 31.9 Å². The van der Waals surface area contributed by atoms with Gasteiger partial charge in [0.15, 0.2) is 0 Å². The molecule has 0 saturated heterocycles. The zero-order valence-electron chi connectivity index (χ0n) is 9.55. The lowest BCUT2D eigenvalue weighted by molar-refractivity contribution is 0.357. The van der Waals surface area contributed by atoms with E-state index in [4.69, 9.17) is 4.74 Å². The third kappa shape index (κ3) is 2.72. The Balaban J connectivity index is 1.92. The first-order chi connectivity index (χ1) is 7.25. The maximum Gasteiger partial charge on any atom is 0.122 e. The maximum atomic E-state index is 5.48. The van der Waals surface area contributed by atoms with E-state index in [1.165, 1.54) is 11.1 Å². The van der Waals surface area contributed by atoms with Crippen LogP contribution in [0.1, 0.15) is 25.0 Å². The van der Waals surface area contributed by atoms with Crippen LogP contribution in [0.4, 0.5) is 0 Å². The van der Waals surface area contributed by atoms with Crippen molar-refractivity contribution in [1.82, 2.24) is 5.32 Å². The summed E-state index contributed by atoms with van der Waals surface area (Å²) in [4.78, 5) is 0. The van der Waals surface area contributed by atoms with E-state index < -0.39 is 0 Å². The number of hydrogen-bond donors (Lipinski definition) is 1. The largest absolute Gasteiger partial charge is 0.493 e. The summed E-state index contributed by atoms with van der Waals surface area (Å²) in [6.07, 6.45) is 1.06. The molecule has 0 spiro atoms. The van der Waals surface area contributed by atoms with Gasteiger partial charge in [0.1, 0.15) is 5.75 Å². The molecule has 0 bridgehead atoms. The van der Waals surface area contributed by atoms with Crippen molar-refractivity contribution >= 4 is 0 Å². The van der Waals surface area contributed by atoms with E-state index in [0.29, 0.717) is 5.92 Å². The number of rotatable bonds is 4. The van der Waals surface area contributed by atoms with Crippen molar-refractivity contribution in [2.24, 2.45) is 5.92 Å². The predicted octanol–water partition coefficient (Wildman–Crippen LogP) is 2.37. The van der Waals surface area contributed by atoms with Crippen molar-refractivity contribution < 1.29 is 4.74 Å². The SMILES string of the molecule is CC(C)CNCc1ccc2c(c1)CCO2. The summed E-state index contributed by atoms with van der Waals surface area (Å²) in [6.45, 7) is 7.34. The molecule has 1 aliphatic rings. The molecular weight excluding hydrogens is 186 g/mol. The third-order valence-electron chi connectivity index (χ3n) is 2.64. The second-order valence-electron chi connectivity index (χ2n) is 4.57. The summed E-state index contributed by atoms with van der Waals surface area (Å²) in [5, 5.41) is 3.45. The molecule has 1 aliphatic heterocycles. The molecule has 0 unspecified atom stereocenters. The average Bonchev–Trinajstić information content (AvgIpc) is 2.64. The van der Waals surface area contributed by atoms with E-state index in [1.54, 1.807) is 0 Å². The summed E-state index contributed by atoms with van der Waals surface area (Å²) < 4.78 is 5.48. The molecule has 0 amide bonds. The van der Waals surface area contributed by atoms with Crippen LogP contribution in [0.5, 0.6) is 5.75 Å². The van der Waals surface area contributed by atoms with Crippen molar-refractivity contribution in [2.75, 3.05) is 13.2 Å². The molecule has 0 fully saturated rings. The van der Waals surface area contributed by atoms with Gasteiger partial charge in [-0.1, -0.05) is 26.0 Å². The normalized spacial score (nSPS) is 14.1. The fourth-order valence-electron chi connectivity index (χ4n) is 1.86. The average molecular weight is 205 g/mol. The van der Waals surface area contributed by atoms with Crippen molar-refractivity contribution in [1.29, 1.82) is 0 Å². The number of hydrogen-bond acceptors (Lipinski definition) is 2. The molecule has 0 aromatic heterocycles. The minimum Gasteiger partial charge on any atom is -0.493 e. The Kier molecular flexibility index (Phi) is 3.27. The van der Waals surface area contributed by atoms with Gasteiger partial charge in [-0.15, -0.1) is 0 Å². The maximum absolute atomic E-state index is 5.48. The second kappa shape index (κ2) is 4.67. The molecule has 1 aromatic carbocycles. The molecular formula is C13H19NO. The monoisotopic (exact) mass is 205 g/mol. The van der Waals surface area contributed by atoms with Gasteiger partial charge in [-0.3, -0.25) is 0 Å². The van der Waals surface area contributed by atoms with Crippen molar-refractivity contribution in [2.45, 2.75) is 26.8 Å². The van der Waals surface area contributed by atoms with Gasteiger partial charge in [0.05, 0.1) is 6.61 Å². The van der Waals surface area contributed by atoms with Gasteiger partial charge < -0.3 is 10.1 Å². The van der Waals surface area contributed by atoms with Gasteiger partial charge in [0.25, 0.3) is 0 Å². The van der Waals surface area contributed by atoms with E-state index in [9.17, 15) is 0 Å². The first kappa shape index (κ1) is 10.5. The molecule has 2 nitrogen and oxygen atoms in total. The van der Waals surface area contributed by atoms with Crippen LogP contribution in [-0.2, 0) is 13.0 Å². The summed E-state index contributed by atoms with van der Waals surface area (Å²) in [7, 11) is 0. The lowest BCUT2D eigenvalue weighted by Gasteiger charge is -2.08. The highest BCUT2D eigenvalue weighted by molar-refractivity contribution is 5.39. The molecule has 1 aromatic rings. The van der Waals surface area contributed by atoms with E-state index in [2.05, 4.69) is 37.4 Å². The molecule has 0 aliphatic carbocycles. The highest BCUT2D eigenvalue weighted by Crippen LogP contribution is 2.25. The van der Waals surface area contributed by atoms with Gasteiger partial charge >= 0.3 is 0 Å². The summed E-state index contributed by atoms with van der Waals surface area (Å²) in [5.74, 6) is 1.78. The molecule has 1 heterocycles.